The second-order valence-electron chi connectivity index (χ2n) is 23.1. The van der Waals surface area contributed by atoms with E-state index in [-0.39, 0.29) is 82.2 Å². The van der Waals surface area contributed by atoms with Crippen molar-refractivity contribution in [1.82, 2.24) is 50.6 Å². The minimum Gasteiger partial charge on any atom is -0.403 e. The molecule has 0 saturated carbocycles. The molecule has 0 bridgehead atoms. The SMILES string of the molecule is CC(C)(C)C1CCN(C(=O)NCc2ccc(-c3ccnc(NC(C=N[C@H]4CCNC4)=CN)n3)cc2C(F)(F)F)C1.CN1CC[C@H](N=CC(=CN)Nc2nccc(-c3ccc(CNC(=O)N4CCC(C(C)(C)C)C4)c(C(F)(F)F)c3)n2)C1. The number of nitrogens with one attached hydrogen (secondary N) is 5. The quantitative estimate of drug-likeness (QED) is 0.0463. The number of urea groups is 2. The highest BCUT2D eigenvalue weighted by atomic mass is 19.4. The van der Waals surface area contributed by atoms with Gasteiger partial charge in [-0.25, -0.2) is 29.5 Å². The van der Waals surface area contributed by atoms with Crippen molar-refractivity contribution >= 4 is 36.4 Å². The van der Waals surface area contributed by atoms with Gasteiger partial charge in [-0.1, -0.05) is 65.8 Å². The molecular weight excluding hydrogens is 1050 g/mol. The lowest BCUT2D eigenvalue weighted by molar-refractivity contribution is -0.139. The summed E-state index contributed by atoms with van der Waals surface area (Å²) in [5.74, 6) is 1.06. The Balaban J connectivity index is 0.000000234. The van der Waals surface area contributed by atoms with E-state index in [9.17, 15) is 35.9 Å². The van der Waals surface area contributed by atoms with Crippen LogP contribution in [0.1, 0.15) is 89.5 Å². The van der Waals surface area contributed by atoms with Crippen LogP contribution in [0, 0.1) is 22.7 Å². The highest BCUT2D eigenvalue weighted by Crippen LogP contribution is 2.38. The largest absolute Gasteiger partial charge is 0.416 e. The average molecular weight is 1130 g/mol. The molecule has 18 nitrogen and oxygen atoms in total. The van der Waals surface area contributed by atoms with Gasteiger partial charge in [0.15, 0.2) is 0 Å². The molecular formula is C57H76F6N16O2. The molecule has 0 spiro atoms. The summed E-state index contributed by atoms with van der Waals surface area (Å²) < 4.78 is 84.4. The lowest BCUT2D eigenvalue weighted by atomic mass is 9.80. The second-order valence-corrected chi connectivity index (χ2v) is 23.1. The second kappa shape index (κ2) is 26.5. The molecule has 4 fully saturated rings. The van der Waals surface area contributed by atoms with Gasteiger partial charge in [-0.2, -0.15) is 26.3 Å². The number of benzene rings is 2. The van der Waals surface area contributed by atoms with Crippen LogP contribution in [0.5, 0.6) is 0 Å². The fourth-order valence-electron chi connectivity index (χ4n) is 10.00. The number of allylic oxidation sites excluding steroid dienone is 2. The maximum Gasteiger partial charge on any atom is 0.416 e. The topological polar surface area (TPSA) is 232 Å². The van der Waals surface area contributed by atoms with E-state index < -0.39 is 23.5 Å². The number of nitrogens with two attached hydrogens (primary N) is 2. The van der Waals surface area contributed by atoms with E-state index in [4.69, 9.17) is 11.5 Å². The van der Waals surface area contributed by atoms with Crippen LogP contribution in [0.15, 0.2) is 94.7 Å². The maximum absolute atomic E-state index is 14.1. The lowest BCUT2D eigenvalue weighted by Crippen LogP contribution is -2.39. The molecule has 4 aromatic rings. The Hall–Kier alpha value is -7.34. The van der Waals surface area contributed by atoms with Crippen LogP contribution in [0.25, 0.3) is 22.5 Å². The Kier molecular flexibility index (Phi) is 20.0. The molecule has 81 heavy (non-hydrogen) atoms. The number of likely N-dealkylation sites (N-methyl/N-ethyl adjacent to an activating group) is 1. The van der Waals surface area contributed by atoms with Crippen LogP contribution < -0.4 is 38.1 Å². The van der Waals surface area contributed by atoms with Crippen LogP contribution in [0.3, 0.4) is 0 Å². The van der Waals surface area contributed by atoms with Gasteiger partial charge in [0.05, 0.1) is 46.0 Å². The van der Waals surface area contributed by atoms with Crippen molar-refractivity contribution in [2.24, 2.45) is 44.1 Å². The molecule has 6 heterocycles. The normalized spacial score (nSPS) is 20.5. The highest BCUT2D eigenvalue weighted by Gasteiger charge is 2.38. The van der Waals surface area contributed by atoms with Gasteiger partial charge in [0.2, 0.25) is 11.9 Å². The number of amides is 4. The summed E-state index contributed by atoms with van der Waals surface area (Å²) >= 11 is 0. The van der Waals surface area contributed by atoms with Crippen LogP contribution in [0.4, 0.5) is 47.8 Å². The summed E-state index contributed by atoms with van der Waals surface area (Å²) in [5, 5.41) is 14.5. The van der Waals surface area contributed by atoms with E-state index >= 15 is 0 Å². The predicted octanol–water partition coefficient (Wildman–Crippen LogP) is 9.11. The third kappa shape index (κ3) is 17.3. The third-order valence-electron chi connectivity index (χ3n) is 15.1. The Labute approximate surface area is 469 Å². The first-order valence-electron chi connectivity index (χ1n) is 27.2. The number of hydrogen-bond acceptors (Lipinski definition) is 14. The monoisotopic (exact) mass is 1130 g/mol. The first-order chi connectivity index (χ1) is 38.3. The first kappa shape index (κ1) is 61.3. The summed E-state index contributed by atoms with van der Waals surface area (Å²) in [4.78, 5) is 57.1. The molecule has 9 N–H and O–H groups in total. The minimum absolute atomic E-state index is 0.0179. The number of rotatable bonds is 14. The van der Waals surface area contributed by atoms with Crippen LogP contribution in [-0.2, 0) is 25.4 Å². The van der Waals surface area contributed by atoms with Gasteiger partial charge in [-0.3, -0.25) is 9.98 Å². The number of anilines is 2. The van der Waals surface area contributed by atoms with Crippen molar-refractivity contribution in [2.45, 2.75) is 105 Å². The zero-order valence-electron chi connectivity index (χ0n) is 47.1. The van der Waals surface area contributed by atoms with Crippen molar-refractivity contribution in [1.29, 1.82) is 0 Å². The van der Waals surface area contributed by atoms with E-state index in [1.807, 2.05) is 7.05 Å². The van der Waals surface area contributed by atoms with Gasteiger partial charge >= 0.3 is 24.4 Å². The summed E-state index contributed by atoms with van der Waals surface area (Å²) in [6.07, 6.45) is 3.22. The fourth-order valence-corrected chi connectivity index (χ4v) is 10.00. The zero-order chi connectivity index (χ0) is 58.7. The molecule has 4 saturated heterocycles. The number of likely N-dealkylation sites (tertiary alicyclic amines) is 3. The molecule has 4 aliphatic rings. The predicted molar refractivity (Wildman–Crippen MR) is 304 cm³/mol. The first-order valence-corrected chi connectivity index (χ1v) is 27.2. The summed E-state index contributed by atoms with van der Waals surface area (Å²) in [5.41, 5.74) is 12.0. The van der Waals surface area contributed by atoms with Crippen molar-refractivity contribution in [3.8, 4) is 22.5 Å². The smallest absolute Gasteiger partial charge is 0.403 e. The fraction of sp³-hybridized carbons (Fsp3) is 0.509. The number of alkyl halides is 6. The highest BCUT2D eigenvalue weighted by molar-refractivity contribution is 5.83. The Bertz CT molecular complexity index is 2930. The number of halogens is 6. The average Bonchev–Trinajstić information content (AvgIpc) is 4.33. The molecule has 4 amide bonds. The molecule has 0 radical (unpaired) electrons. The van der Waals surface area contributed by atoms with Gasteiger partial charge in [0.25, 0.3) is 0 Å². The van der Waals surface area contributed by atoms with Crippen molar-refractivity contribution in [2.75, 3.05) is 70.0 Å². The van der Waals surface area contributed by atoms with Gasteiger partial charge < -0.3 is 52.8 Å². The third-order valence-corrected chi connectivity index (χ3v) is 15.1. The van der Waals surface area contributed by atoms with Crippen molar-refractivity contribution in [3.63, 3.8) is 0 Å². The molecule has 438 valence electrons. The molecule has 2 aromatic heterocycles. The number of aromatic nitrogens is 4. The summed E-state index contributed by atoms with van der Waals surface area (Å²) in [7, 11) is 2.04. The van der Waals surface area contributed by atoms with Crippen LogP contribution in [-0.4, -0.2) is 131 Å². The van der Waals surface area contributed by atoms with Crippen molar-refractivity contribution < 1.29 is 35.9 Å². The number of carbonyl (C=O) groups is 2. The van der Waals surface area contributed by atoms with Crippen LogP contribution >= 0.6 is 0 Å². The molecule has 4 atom stereocenters. The van der Waals surface area contributed by atoms with Gasteiger partial charge in [0, 0.05) is 101 Å². The van der Waals surface area contributed by atoms with Crippen molar-refractivity contribution in [3.05, 3.63) is 107 Å². The van der Waals surface area contributed by atoms with Gasteiger partial charge in [0.1, 0.15) is 0 Å². The molecule has 4 aliphatic heterocycles. The van der Waals surface area contributed by atoms with Gasteiger partial charge in [-0.05, 0) is 104 Å². The van der Waals surface area contributed by atoms with Crippen LogP contribution in [0.2, 0.25) is 0 Å². The van der Waals surface area contributed by atoms with E-state index in [0.717, 1.165) is 64.0 Å². The maximum atomic E-state index is 14.1. The molecule has 8 rings (SSSR count). The van der Waals surface area contributed by atoms with E-state index in [1.165, 1.54) is 49.1 Å². The molecule has 0 aliphatic carbocycles. The van der Waals surface area contributed by atoms with E-state index in [1.54, 1.807) is 34.4 Å². The minimum atomic E-state index is -4.62. The summed E-state index contributed by atoms with van der Waals surface area (Å²) in [6.45, 7) is 18.2. The standard InChI is InChI=1S/C29H39F3N8O.C28H37F3N8O/c1-28(2,3)21-8-12-40(17-21)27(41)36-15-20-6-5-19(13-24(20)29(30,31)32)25-7-10-34-26(38-25)37-23(14-33)16-35-22-9-11-39(4)18-22;1-27(2,3)20-8-11-39(17-20)26(40)36-14-19-5-4-18(12-23(19)28(29,30)31)24-7-10-34-25(38-24)37-22(13-32)16-35-21-6-9-33-15-21/h5-7,10,13-14,16,21-22H,8-9,11-12,15,17-18,33H2,1-4H3,(H,36,41)(H,34,37,38);4-5,7,10,12-13,16,20-21,33H,6,8-9,11,14-15,17,32H2,1-3H3,(H,36,40)(H,34,37,38)/t21?,22-;20?,21-/m00/s1. The van der Waals surface area contributed by atoms with E-state index in [0.29, 0.717) is 60.8 Å². The number of nitrogens with zero attached hydrogens (tertiary/aromatic N) is 9. The lowest BCUT2D eigenvalue weighted by Gasteiger charge is -2.27. The van der Waals surface area contributed by atoms with Gasteiger partial charge in [-0.15, -0.1) is 0 Å². The zero-order valence-corrected chi connectivity index (χ0v) is 47.1. The Morgan fingerprint density at radius 2 is 1.10 bits per heavy atom. The molecule has 2 unspecified atom stereocenters. The summed E-state index contributed by atoms with van der Waals surface area (Å²) in [6, 6.07) is 10.7. The molecule has 24 heteroatoms. The Morgan fingerprint density at radius 3 is 1.47 bits per heavy atom. The number of hydrogen-bond donors (Lipinski definition) is 7. The number of carbonyl (C=O) groups excluding carboxylic acids is 2. The molecule has 2 aromatic carbocycles. The Morgan fingerprint density at radius 1 is 0.642 bits per heavy atom. The van der Waals surface area contributed by atoms with E-state index in [2.05, 4.69) is 103 Å². The number of aliphatic imine (C=N–C) groups is 2.